The second-order valence-corrected chi connectivity index (χ2v) is 2.61. The number of ether oxygens (including phenoxy) is 5. The maximum Gasteiger partial charge on any atom is 0.508 e. The van der Waals surface area contributed by atoms with Gasteiger partial charge in [-0.25, -0.2) is 9.59 Å². The van der Waals surface area contributed by atoms with E-state index in [1.54, 1.807) is 0 Å². The van der Waals surface area contributed by atoms with E-state index in [4.69, 9.17) is 5.11 Å². The number of hydrogen-bond donors (Lipinski definition) is 1. The van der Waals surface area contributed by atoms with Crippen molar-refractivity contribution in [2.24, 2.45) is 0 Å². The molecule has 0 aromatic heterocycles. The molecular formula is C9H16O8. The van der Waals surface area contributed by atoms with Gasteiger partial charge in [0, 0.05) is 7.11 Å². The van der Waals surface area contributed by atoms with E-state index >= 15 is 0 Å². The van der Waals surface area contributed by atoms with Gasteiger partial charge >= 0.3 is 12.3 Å². The van der Waals surface area contributed by atoms with Gasteiger partial charge in [-0.2, -0.15) is 0 Å². The minimum Gasteiger partial charge on any atom is -0.432 e. The fraction of sp³-hybridized carbons (Fsp3) is 0.778. The van der Waals surface area contributed by atoms with Crippen LogP contribution in [0.4, 0.5) is 9.59 Å². The highest BCUT2D eigenvalue weighted by atomic mass is 16.7. The van der Waals surface area contributed by atoms with Crippen LogP contribution in [-0.2, 0) is 23.7 Å². The molecular weight excluding hydrogens is 236 g/mol. The van der Waals surface area contributed by atoms with Gasteiger partial charge in [0.1, 0.15) is 26.4 Å². The zero-order valence-electron chi connectivity index (χ0n) is 9.55. The Balaban J connectivity index is 3.32. The zero-order valence-corrected chi connectivity index (χ0v) is 9.55. The Labute approximate surface area is 98.3 Å². The summed E-state index contributed by atoms with van der Waals surface area (Å²) in [4.78, 5) is 21.5. The van der Waals surface area contributed by atoms with Crippen LogP contribution in [0.25, 0.3) is 0 Å². The normalized spacial score (nSPS) is 9.53. The molecule has 0 bridgehead atoms. The van der Waals surface area contributed by atoms with Crippen molar-refractivity contribution in [3.63, 3.8) is 0 Å². The molecule has 100 valence electrons. The van der Waals surface area contributed by atoms with Gasteiger partial charge in [0.2, 0.25) is 0 Å². The van der Waals surface area contributed by atoms with Crippen molar-refractivity contribution in [2.75, 3.05) is 46.8 Å². The predicted octanol–water partition coefficient (Wildman–Crippen LogP) is -0.0685. The van der Waals surface area contributed by atoms with Gasteiger partial charge in [0.25, 0.3) is 0 Å². The molecule has 0 aromatic carbocycles. The van der Waals surface area contributed by atoms with Gasteiger partial charge in [-0.15, -0.1) is 0 Å². The number of hydrogen-bond acceptors (Lipinski definition) is 8. The first kappa shape index (κ1) is 15.5. The Hall–Kier alpha value is -1.54. The highest BCUT2D eigenvalue weighted by Gasteiger charge is 2.06. The number of aliphatic hydroxyl groups is 1. The maximum atomic E-state index is 10.8. The molecule has 0 unspecified atom stereocenters. The average molecular weight is 252 g/mol. The third-order valence-corrected chi connectivity index (χ3v) is 1.34. The highest BCUT2D eigenvalue weighted by molar-refractivity contribution is 5.60. The molecule has 1 N–H and O–H groups in total. The van der Waals surface area contributed by atoms with Crippen molar-refractivity contribution in [1.82, 2.24) is 0 Å². The first-order chi connectivity index (χ1) is 8.20. The lowest BCUT2D eigenvalue weighted by Crippen LogP contribution is -2.17. The van der Waals surface area contributed by atoms with Crippen LogP contribution in [0.2, 0.25) is 0 Å². The number of rotatable bonds is 8. The molecule has 0 fully saturated rings. The predicted molar refractivity (Wildman–Crippen MR) is 53.6 cm³/mol. The van der Waals surface area contributed by atoms with Gasteiger partial charge in [-0.3, -0.25) is 0 Å². The summed E-state index contributed by atoms with van der Waals surface area (Å²) < 4.78 is 22.6. The second kappa shape index (κ2) is 11.0. The van der Waals surface area contributed by atoms with Crippen LogP contribution in [-0.4, -0.2) is 64.2 Å². The molecule has 0 rings (SSSR count). The zero-order chi connectivity index (χ0) is 12.9. The minimum absolute atomic E-state index is 0.0920. The standard InChI is InChI=1S/C9H16O8/c1-13-4-5-15-9(12)17-7-6-16-8(11)14-3-2-10/h10H,2-7H2,1H3. The fourth-order valence-electron chi connectivity index (χ4n) is 0.671. The molecule has 0 atom stereocenters. The first-order valence-electron chi connectivity index (χ1n) is 4.89. The summed E-state index contributed by atoms with van der Waals surface area (Å²) in [6.07, 6.45) is -1.80. The van der Waals surface area contributed by atoms with Crippen molar-refractivity contribution < 1.29 is 38.4 Å². The topological polar surface area (TPSA) is 101 Å². The summed E-state index contributed by atoms with van der Waals surface area (Å²) in [5, 5.41) is 8.33. The number of methoxy groups -OCH3 is 1. The lowest BCUT2D eigenvalue weighted by Gasteiger charge is -2.06. The summed E-state index contributed by atoms with van der Waals surface area (Å²) in [7, 11) is 1.47. The Morgan fingerprint density at radius 3 is 1.65 bits per heavy atom. The lowest BCUT2D eigenvalue weighted by atomic mass is 10.7. The summed E-state index contributed by atoms with van der Waals surface area (Å²) in [5.74, 6) is 0. The molecule has 0 heterocycles. The number of carbonyl (C=O) groups excluding carboxylic acids is 2. The van der Waals surface area contributed by atoms with Gasteiger partial charge < -0.3 is 28.8 Å². The Bertz CT molecular complexity index is 217. The van der Waals surface area contributed by atoms with Crippen LogP contribution in [0.5, 0.6) is 0 Å². The van der Waals surface area contributed by atoms with Crippen molar-refractivity contribution >= 4 is 12.3 Å². The van der Waals surface area contributed by atoms with E-state index < -0.39 is 12.3 Å². The monoisotopic (exact) mass is 252 g/mol. The third kappa shape index (κ3) is 10.7. The van der Waals surface area contributed by atoms with Crippen molar-refractivity contribution in [2.45, 2.75) is 0 Å². The lowest BCUT2D eigenvalue weighted by molar-refractivity contribution is 0.00840. The van der Waals surface area contributed by atoms with E-state index in [-0.39, 0.29) is 39.6 Å². The van der Waals surface area contributed by atoms with Crippen molar-refractivity contribution in [1.29, 1.82) is 0 Å². The van der Waals surface area contributed by atoms with Crippen molar-refractivity contribution in [3.8, 4) is 0 Å². The molecule has 0 aliphatic carbocycles. The van der Waals surface area contributed by atoms with Gasteiger partial charge in [0.05, 0.1) is 13.2 Å². The number of carbonyl (C=O) groups is 2. The molecule has 0 aliphatic heterocycles. The van der Waals surface area contributed by atoms with E-state index in [0.29, 0.717) is 0 Å². The Morgan fingerprint density at radius 2 is 1.24 bits per heavy atom. The molecule has 0 aromatic rings. The van der Waals surface area contributed by atoms with E-state index in [1.165, 1.54) is 7.11 Å². The average Bonchev–Trinajstić information content (AvgIpc) is 2.32. The molecule has 0 spiro atoms. The van der Waals surface area contributed by atoms with Crippen LogP contribution in [0.15, 0.2) is 0 Å². The summed E-state index contributed by atoms with van der Waals surface area (Å²) in [5.41, 5.74) is 0. The number of aliphatic hydroxyl groups excluding tert-OH is 1. The van der Waals surface area contributed by atoms with E-state index in [0.717, 1.165) is 0 Å². The highest BCUT2D eigenvalue weighted by Crippen LogP contribution is 1.89. The molecule has 0 aliphatic rings. The van der Waals surface area contributed by atoms with Crippen LogP contribution in [0.1, 0.15) is 0 Å². The van der Waals surface area contributed by atoms with Crippen LogP contribution >= 0.6 is 0 Å². The Morgan fingerprint density at radius 1 is 0.824 bits per heavy atom. The van der Waals surface area contributed by atoms with Gasteiger partial charge in [-0.1, -0.05) is 0 Å². The van der Waals surface area contributed by atoms with Crippen LogP contribution in [0.3, 0.4) is 0 Å². The smallest absolute Gasteiger partial charge is 0.432 e. The molecule has 0 amide bonds. The molecule has 0 saturated carbocycles. The van der Waals surface area contributed by atoms with Gasteiger partial charge in [0.15, 0.2) is 0 Å². The van der Waals surface area contributed by atoms with Crippen molar-refractivity contribution in [3.05, 3.63) is 0 Å². The van der Waals surface area contributed by atoms with Crippen LogP contribution in [0, 0.1) is 0 Å². The van der Waals surface area contributed by atoms with Gasteiger partial charge in [-0.05, 0) is 0 Å². The molecule has 17 heavy (non-hydrogen) atoms. The quantitative estimate of drug-likeness (QED) is 0.473. The largest absolute Gasteiger partial charge is 0.508 e. The van der Waals surface area contributed by atoms with Crippen LogP contribution < -0.4 is 0 Å². The SMILES string of the molecule is COCCOC(=O)OCCOC(=O)OCCO. The third-order valence-electron chi connectivity index (χ3n) is 1.34. The minimum atomic E-state index is -0.935. The first-order valence-corrected chi connectivity index (χ1v) is 4.89. The Kier molecular flexibility index (Phi) is 9.97. The van der Waals surface area contributed by atoms with E-state index in [2.05, 4.69) is 23.7 Å². The second-order valence-electron chi connectivity index (χ2n) is 2.61. The van der Waals surface area contributed by atoms with E-state index in [1.807, 2.05) is 0 Å². The molecule has 8 heteroatoms. The fourth-order valence-corrected chi connectivity index (χ4v) is 0.671. The molecule has 8 nitrogen and oxygen atoms in total. The van der Waals surface area contributed by atoms with E-state index in [9.17, 15) is 9.59 Å². The molecule has 0 saturated heterocycles. The summed E-state index contributed by atoms with van der Waals surface area (Å²) >= 11 is 0. The summed E-state index contributed by atoms with van der Waals surface area (Å²) in [6.45, 7) is -0.340. The maximum absolute atomic E-state index is 10.8. The summed E-state index contributed by atoms with van der Waals surface area (Å²) in [6, 6.07) is 0. The molecule has 0 radical (unpaired) electrons.